The molecule has 1 atom stereocenters. The highest BCUT2D eigenvalue weighted by molar-refractivity contribution is 5.67. The molecule has 0 bridgehead atoms. The van der Waals surface area contributed by atoms with Crippen LogP contribution in [0.1, 0.15) is 25.8 Å². The van der Waals surface area contributed by atoms with Crippen LogP contribution in [0.5, 0.6) is 0 Å². The summed E-state index contributed by atoms with van der Waals surface area (Å²) in [5, 5.41) is 6.19. The van der Waals surface area contributed by atoms with Crippen molar-refractivity contribution in [3.05, 3.63) is 66.2 Å². The Labute approximate surface area is 161 Å². The van der Waals surface area contributed by atoms with E-state index in [4.69, 9.17) is 0 Å². The molecule has 0 saturated carbocycles. The number of nitrogens with zero attached hydrogens (tertiary/aromatic N) is 2. The Morgan fingerprint density at radius 1 is 0.964 bits per heavy atom. The van der Waals surface area contributed by atoms with E-state index in [-0.39, 0.29) is 6.04 Å². The monoisotopic (exact) mass is 386 g/mol. The predicted octanol–water partition coefficient (Wildman–Crippen LogP) is 6.12. The maximum atomic E-state index is 13.0. The molecule has 28 heavy (non-hydrogen) atoms. The second kappa shape index (κ2) is 8.29. The molecule has 1 heterocycles. The van der Waals surface area contributed by atoms with E-state index in [9.17, 15) is 13.2 Å². The Morgan fingerprint density at radius 2 is 1.71 bits per heavy atom. The van der Waals surface area contributed by atoms with Crippen LogP contribution < -0.4 is 10.6 Å². The Morgan fingerprint density at radius 3 is 2.39 bits per heavy atom. The second-order valence-corrected chi connectivity index (χ2v) is 6.49. The summed E-state index contributed by atoms with van der Waals surface area (Å²) in [6.07, 6.45) is -3.52. The molecule has 146 valence electrons. The van der Waals surface area contributed by atoms with Gasteiger partial charge in [-0.1, -0.05) is 43.3 Å². The molecule has 2 aromatic carbocycles. The van der Waals surface area contributed by atoms with Gasteiger partial charge >= 0.3 is 6.18 Å². The predicted molar refractivity (Wildman–Crippen MR) is 106 cm³/mol. The molecule has 0 aliphatic heterocycles. The van der Waals surface area contributed by atoms with Crippen LogP contribution in [0.3, 0.4) is 0 Å². The zero-order valence-electron chi connectivity index (χ0n) is 15.6. The molecular formula is C21H21F3N4. The van der Waals surface area contributed by atoms with E-state index in [1.165, 1.54) is 6.07 Å². The molecule has 4 nitrogen and oxygen atoms in total. The van der Waals surface area contributed by atoms with E-state index in [1.807, 2.05) is 44.2 Å². The van der Waals surface area contributed by atoms with Crippen LogP contribution in [-0.2, 0) is 6.18 Å². The summed E-state index contributed by atoms with van der Waals surface area (Å²) < 4.78 is 38.9. The minimum absolute atomic E-state index is 0.160. The summed E-state index contributed by atoms with van der Waals surface area (Å²) in [5.41, 5.74) is 1.16. The summed E-state index contributed by atoms with van der Waals surface area (Å²) in [6, 6.07) is 16.5. The molecule has 3 rings (SSSR count). The van der Waals surface area contributed by atoms with Crippen LogP contribution in [0.2, 0.25) is 0 Å². The number of hydrogen-bond donors (Lipinski definition) is 2. The van der Waals surface area contributed by atoms with Crippen LogP contribution in [0.25, 0.3) is 11.3 Å². The van der Waals surface area contributed by atoms with Crippen molar-refractivity contribution in [3.63, 3.8) is 0 Å². The van der Waals surface area contributed by atoms with Crippen LogP contribution >= 0.6 is 0 Å². The molecule has 1 aromatic heterocycles. The highest BCUT2D eigenvalue weighted by Crippen LogP contribution is 2.31. The number of hydrogen-bond acceptors (Lipinski definition) is 4. The van der Waals surface area contributed by atoms with E-state index in [0.717, 1.165) is 24.1 Å². The maximum absolute atomic E-state index is 13.0. The van der Waals surface area contributed by atoms with Crippen molar-refractivity contribution >= 4 is 17.5 Å². The molecule has 3 aromatic rings. The van der Waals surface area contributed by atoms with Crippen molar-refractivity contribution in [3.8, 4) is 11.3 Å². The first kappa shape index (κ1) is 19.7. The van der Waals surface area contributed by atoms with E-state index >= 15 is 0 Å². The standard InChI is InChI=1S/C21H21F3N4/c1-3-14(2)25-20-27-18(15-8-5-4-6-9-15)13-19(28-20)26-17-11-7-10-16(12-17)21(22,23)24/h4-14H,3H2,1-2H3,(H2,25,26,27,28)/t14-/m1/s1. The van der Waals surface area contributed by atoms with Gasteiger partial charge in [0.2, 0.25) is 5.95 Å². The molecule has 0 saturated heterocycles. The third-order valence-electron chi connectivity index (χ3n) is 4.25. The van der Waals surface area contributed by atoms with Gasteiger partial charge in [-0.3, -0.25) is 0 Å². The van der Waals surface area contributed by atoms with Crippen molar-refractivity contribution in [2.45, 2.75) is 32.5 Å². The highest BCUT2D eigenvalue weighted by atomic mass is 19.4. The van der Waals surface area contributed by atoms with E-state index < -0.39 is 11.7 Å². The fraction of sp³-hybridized carbons (Fsp3) is 0.238. The lowest BCUT2D eigenvalue weighted by Gasteiger charge is -2.15. The first-order valence-electron chi connectivity index (χ1n) is 9.00. The molecule has 0 radical (unpaired) electrons. The number of alkyl halides is 3. The molecule has 0 aliphatic carbocycles. The number of benzene rings is 2. The van der Waals surface area contributed by atoms with Gasteiger partial charge in [0.15, 0.2) is 0 Å². The fourth-order valence-corrected chi connectivity index (χ4v) is 2.58. The lowest BCUT2D eigenvalue weighted by atomic mass is 10.1. The fourth-order valence-electron chi connectivity index (χ4n) is 2.58. The second-order valence-electron chi connectivity index (χ2n) is 6.49. The lowest BCUT2D eigenvalue weighted by Crippen LogP contribution is -2.16. The smallest absolute Gasteiger partial charge is 0.352 e. The van der Waals surface area contributed by atoms with Gasteiger partial charge in [0.05, 0.1) is 11.3 Å². The van der Waals surface area contributed by atoms with Gasteiger partial charge in [-0.25, -0.2) is 4.98 Å². The van der Waals surface area contributed by atoms with Gasteiger partial charge < -0.3 is 10.6 Å². The molecule has 0 amide bonds. The Hall–Kier alpha value is -3.09. The molecule has 0 aliphatic rings. The topological polar surface area (TPSA) is 49.8 Å². The lowest BCUT2D eigenvalue weighted by molar-refractivity contribution is -0.137. The molecule has 0 spiro atoms. The van der Waals surface area contributed by atoms with Gasteiger partial charge in [0.25, 0.3) is 0 Å². The Balaban J connectivity index is 1.96. The zero-order valence-corrected chi connectivity index (χ0v) is 15.6. The number of nitrogens with one attached hydrogen (secondary N) is 2. The van der Waals surface area contributed by atoms with Gasteiger partial charge in [-0.2, -0.15) is 18.2 Å². The van der Waals surface area contributed by atoms with Crippen LogP contribution in [-0.4, -0.2) is 16.0 Å². The summed E-state index contributed by atoms with van der Waals surface area (Å²) in [5.74, 6) is 0.837. The first-order chi connectivity index (χ1) is 13.3. The molecule has 0 unspecified atom stereocenters. The number of aromatic nitrogens is 2. The van der Waals surface area contributed by atoms with Crippen molar-refractivity contribution in [1.29, 1.82) is 0 Å². The normalized spacial score (nSPS) is 12.5. The average Bonchev–Trinajstić information content (AvgIpc) is 2.68. The maximum Gasteiger partial charge on any atom is 0.416 e. The van der Waals surface area contributed by atoms with E-state index in [1.54, 1.807) is 12.1 Å². The van der Waals surface area contributed by atoms with Crippen LogP contribution in [0, 0.1) is 0 Å². The minimum atomic E-state index is -4.40. The SMILES string of the molecule is CC[C@@H](C)Nc1nc(Nc2cccc(C(F)(F)F)c2)cc(-c2ccccc2)n1. The largest absolute Gasteiger partial charge is 0.416 e. The van der Waals surface area contributed by atoms with Crippen molar-refractivity contribution in [2.75, 3.05) is 10.6 Å². The van der Waals surface area contributed by atoms with Gasteiger partial charge in [-0.05, 0) is 31.5 Å². The van der Waals surface area contributed by atoms with Crippen molar-refractivity contribution < 1.29 is 13.2 Å². The first-order valence-corrected chi connectivity index (χ1v) is 9.00. The summed E-state index contributed by atoms with van der Waals surface area (Å²) in [4.78, 5) is 8.97. The van der Waals surface area contributed by atoms with Gasteiger partial charge in [0, 0.05) is 23.4 Å². The Kier molecular flexibility index (Phi) is 5.82. The molecular weight excluding hydrogens is 365 g/mol. The quantitative estimate of drug-likeness (QED) is 0.536. The van der Waals surface area contributed by atoms with Gasteiger partial charge in [0.1, 0.15) is 5.82 Å². The van der Waals surface area contributed by atoms with Crippen LogP contribution in [0.15, 0.2) is 60.7 Å². The molecule has 0 fully saturated rings. The average molecular weight is 386 g/mol. The minimum Gasteiger partial charge on any atom is -0.352 e. The van der Waals surface area contributed by atoms with Crippen molar-refractivity contribution in [2.24, 2.45) is 0 Å². The molecule has 2 N–H and O–H groups in total. The number of halogens is 3. The van der Waals surface area contributed by atoms with E-state index in [0.29, 0.717) is 23.1 Å². The Bertz CT molecular complexity index is 926. The number of rotatable bonds is 6. The third-order valence-corrected chi connectivity index (χ3v) is 4.25. The summed E-state index contributed by atoms with van der Waals surface area (Å²) >= 11 is 0. The van der Waals surface area contributed by atoms with Crippen molar-refractivity contribution in [1.82, 2.24) is 9.97 Å². The van der Waals surface area contributed by atoms with E-state index in [2.05, 4.69) is 20.6 Å². The highest BCUT2D eigenvalue weighted by Gasteiger charge is 2.30. The number of anilines is 3. The van der Waals surface area contributed by atoms with Crippen LogP contribution in [0.4, 0.5) is 30.6 Å². The third kappa shape index (κ3) is 5.00. The molecule has 7 heteroatoms. The summed E-state index contributed by atoms with van der Waals surface area (Å²) in [7, 11) is 0. The van der Waals surface area contributed by atoms with Gasteiger partial charge in [-0.15, -0.1) is 0 Å². The summed E-state index contributed by atoms with van der Waals surface area (Å²) in [6.45, 7) is 4.05. The zero-order chi connectivity index (χ0) is 20.1.